The molecule has 0 amide bonds. The summed E-state index contributed by atoms with van der Waals surface area (Å²) < 4.78 is 32.6. The van der Waals surface area contributed by atoms with E-state index in [2.05, 4.69) is 4.72 Å². The van der Waals surface area contributed by atoms with Crippen LogP contribution in [0, 0.1) is 0 Å². The van der Waals surface area contributed by atoms with Crippen LogP contribution in [0.1, 0.15) is 25.8 Å². The minimum Gasteiger partial charge on any atom is -0.488 e. The first kappa shape index (κ1) is 14.3. The lowest BCUT2D eigenvalue weighted by molar-refractivity contribution is 0.241. The van der Waals surface area contributed by atoms with E-state index in [1.54, 1.807) is 18.2 Å². The normalized spacial score (nSPS) is 19.8. The molecule has 1 heterocycles. The van der Waals surface area contributed by atoms with Crippen LogP contribution in [-0.4, -0.2) is 27.1 Å². The van der Waals surface area contributed by atoms with Crippen molar-refractivity contribution in [2.24, 2.45) is 5.73 Å². The summed E-state index contributed by atoms with van der Waals surface area (Å²) in [6.45, 7) is 4.22. The molecule has 1 aromatic carbocycles. The smallest absolute Gasteiger partial charge is 0.240 e. The van der Waals surface area contributed by atoms with Crippen molar-refractivity contribution in [2.45, 2.75) is 43.7 Å². The molecule has 106 valence electrons. The average Bonchev–Trinajstić information content (AvgIpc) is 2.79. The predicted octanol–water partition coefficient (Wildman–Crippen LogP) is 1.03. The molecule has 0 aliphatic carbocycles. The highest BCUT2D eigenvalue weighted by Gasteiger charge is 2.24. The predicted molar refractivity (Wildman–Crippen MR) is 73.7 cm³/mol. The van der Waals surface area contributed by atoms with Crippen molar-refractivity contribution in [1.82, 2.24) is 4.72 Å². The van der Waals surface area contributed by atoms with Crippen LogP contribution in [0.5, 0.6) is 5.75 Å². The third-order valence-electron chi connectivity index (χ3n) is 3.32. The standard InChI is InChI=1S/C13H20N2O3S/c1-3-9(2)15-19(16,17)12-4-5-13-10(7-12)6-11(8-14)18-13/h4-5,7,9,11,15H,3,6,8,14H2,1-2H3. The number of nitrogens with two attached hydrogens (primary N) is 1. The second kappa shape index (κ2) is 5.48. The number of hydrogen-bond acceptors (Lipinski definition) is 4. The van der Waals surface area contributed by atoms with Crippen molar-refractivity contribution in [3.05, 3.63) is 23.8 Å². The van der Waals surface area contributed by atoms with Crippen LogP contribution < -0.4 is 15.2 Å². The zero-order valence-electron chi connectivity index (χ0n) is 11.2. The second-order valence-corrected chi connectivity index (χ2v) is 6.59. The van der Waals surface area contributed by atoms with Gasteiger partial charge in [0.15, 0.2) is 0 Å². The molecule has 2 atom stereocenters. The van der Waals surface area contributed by atoms with Gasteiger partial charge in [0.25, 0.3) is 0 Å². The van der Waals surface area contributed by atoms with Gasteiger partial charge in [-0.1, -0.05) is 6.92 Å². The van der Waals surface area contributed by atoms with Gasteiger partial charge in [-0.05, 0) is 37.1 Å². The van der Waals surface area contributed by atoms with Crippen LogP contribution in [0.3, 0.4) is 0 Å². The Bertz CT molecular complexity index is 557. The Morgan fingerprint density at radius 1 is 1.53 bits per heavy atom. The fourth-order valence-corrected chi connectivity index (χ4v) is 3.39. The topological polar surface area (TPSA) is 81.4 Å². The van der Waals surface area contributed by atoms with Crippen LogP contribution in [-0.2, 0) is 16.4 Å². The molecule has 0 bridgehead atoms. The number of ether oxygens (including phenoxy) is 1. The highest BCUT2D eigenvalue weighted by Crippen LogP contribution is 2.30. The van der Waals surface area contributed by atoms with Gasteiger partial charge < -0.3 is 10.5 Å². The Balaban J connectivity index is 2.24. The maximum Gasteiger partial charge on any atom is 0.240 e. The lowest BCUT2D eigenvalue weighted by Crippen LogP contribution is -2.32. The molecule has 0 aromatic heterocycles. The first-order valence-corrected chi connectivity index (χ1v) is 7.96. The first-order valence-electron chi connectivity index (χ1n) is 6.48. The summed E-state index contributed by atoms with van der Waals surface area (Å²) in [6, 6.07) is 4.88. The van der Waals surface area contributed by atoms with Gasteiger partial charge in [-0.25, -0.2) is 13.1 Å². The molecule has 1 aliphatic rings. The van der Waals surface area contributed by atoms with Crippen molar-refractivity contribution in [1.29, 1.82) is 0 Å². The van der Waals surface area contributed by atoms with Gasteiger partial charge in [0.1, 0.15) is 11.9 Å². The molecule has 1 aromatic rings. The maximum atomic E-state index is 12.2. The van der Waals surface area contributed by atoms with Crippen LogP contribution in [0.25, 0.3) is 0 Å². The van der Waals surface area contributed by atoms with Gasteiger partial charge in [-0.3, -0.25) is 0 Å². The van der Waals surface area contributed by atoms with E-state index in [4.69, 9.17) is 10.5 Å². The monoisotopic (exact) mass is 284 g/mol. The number of sulfonamides is 1. The summed E-state index contributed by atoms with van der Waals surface area (Å²) in [6.07, 6.45) is 1.37. The summed E-state index contributed by atoms with van der Waals surface area (Å²) >= 11 is 0. The van der Waals surface area contributed by atoms with Crippen molar-refractivity contribution in [2.75, 3.05) is 6.54 Å². The molecule has 0 saturated carbocycles. The molecular formula is C13H20N2O3S. The molecule has 2 rings (SSSR count). The Labute approximate surface area is 114 Å². The molecular weight excluding hydrogens is 264 g/mol. The number of rotatable bonds is 5. The number of hydrogen-bond donors (Lipinski definition) is 2. The van der Waals surface area contributed by atoms with Crippen molar-refractivity contribution >= 4 is 10.0 Å². The van der Waals surface area contributed by atoms with Crippen molar-refractivity contribution in [3.63, 3.8) is 0 Å². The van der Waals surface area contributed by atoms with Gasteiger partial charge in [0.2, 0.25) is 10.0 Å². The molecule has 0 fully saturated rings. The van der Waals surface area contributed by atoms with Gasteiger partial charge >= 0.3 is 0 Å². The Morgan fingerprint density at radius 2 is 2.26 bits per heavy atom. The Hall–Kier alpha value is -1.11. The van der Waals surface area contributed by atoms with E-state index in [1.165, 1.54) is 0 Å². The molecule has 6 heteroatoms. The molecule has 0 spiro atoms. The number of fused-ring (bicyclic) bond motifs is 1. The lowest BCUT2D eigenvalue weighted by atomic mass is 10.1. The molecule has 19 heavy (non-hydrogen) atoms. The minimum atomic E-state index is -3.45. The second-order valence-electron chi connectivity index (χ2n) is 4.88. The molecule has 2 unspecified atom stereocenters. The van der Waals surface area contributed by atoms with E-state index < -0.39 is 10.0 Å². The van der Waals surface area contributed by atoms with Crippen LogP contribution in [0.15, 0.2) is 23.1 Å². The molecule has 1 aliphatic heterocycles. The lowest BCUT2D eigenvalue weighted by Gasteiger charge is -2.12. The van der Waals surface area contributed by atoms with E-state index >= 15 is 0 Å². The van der Waals surface area contributed by atoms with Gasteiger partial charge in [-0.2, -0.15) is 0 Å². The van der Waals surface area contributed by atoms with E-state index in [1.807, 2.05) is 13.8 Å². The summed E-state index contributed by atoms with van der Waals surface area (Å²) in [5.41, 5.74) is 6.47. The minimum absolute atomic E-state index is 0.0459. The van der Waals surface area contributed by atoms with E-state index in [-0.39, 0.29) is 17.0 Å². The molecule has 0 radical (unpaired) electrons. The van der Waals surface area contributed by atoms with E-state index in [0.717, 1.165) is 17.7 Å². The summed E-state index contributed by atoms with van der Waals surface area (Å²) in [5.74, 6) is 0.734. The third-order valence-corrected chi connectivity index (χ3v) is 4.90. The van der Waals surface area contributed by atoms with Crippen LogP contribution in [0.2, 0.25) is 0 Å². The average molecular weight is 284 g/mol. The largest absolute Gasteiger partial charge is 0.488 e. The van der Waals surface area contributed by atoms with Crippen molar-refractivity contribution in [3.8, 4) is 5.75 Å². The zero-order valence-corrected chi connectivity index (χ0v) is 12.0. The maximum absolute atomic E-state index is 12.2. The molecule has 0 saturated heterocycles. The van der Waals surface area contributed by atoms with E-state index in [9.17, 15) is 8.42 Å². The SMILES string of the molecule is CCC(C)NS(=O)(=O)c1ccc2c(c1)CC(CN)O2. The highest BCUT2D eigenvalue weighted by molar-refractivity contribution is 7.89. The zero-order chi connectivity index (χ0) is 14.0. The fraction of sp³-hybridized carbons (Fsp3) is 0.538. The van der Waals surface area contributed by atoms with Crippen LogP contribution >= 0.6 is 0 Å². The summed E-state index contributed by atoms with van der Waals surface area (Å²) in [7, 11) is -3.45. The van der Waals surface area contributed by atoms with Crippen LogP contribution in [0.4, 0.5) is 0 Å². The first-order chi connectivity index (χ1) is 8.96. The van der Waals surface area contributed by atoms with Gasteiger partial charge in [0, 0.05) is 19.0 Å². The van der Waals surface area contributed by atoms with E-state index in [0.29, 0.717) is 13.0 Å². The summed E-state index contributed by atoms with van der Waals surface area (Å²) in [5, 5.41) is 0. The van der Waals surface area contributed by atoms with Gasteiger partial charge in [-0.15, -0.1) is 0 Å². The highest BCUT2D eigenvalue weighted by atomic mass is 32.2. The number of nitrogens with one attached hydrogen (secondary N) is 1. The summed E-state index contributed by atoms with van der Waals surface area (Å²) in [4.78, 5) is 0.285. The quantitative estimate of drug-likeness (QED) is 0.846. The Kier molecular flexibility index (Phi) is 4.13. The molecule has 5 nitrogen and oxygen atoms in total. The fourth-order valence-electron chi connectivity index (χ4n) is 2.01. The Morgan fingerprint density at radius 3 is 2.89 bits per heavy atom. The third kappa shape index (κ3) is 3.08. The molecule has 3 N–H and O–H groups in total. The van der Waals surface area contributed by atoms with Gasteiger partial charge in [0.05, 0.1) is 4.90 Å². The number of benzene rings is 1. The van der Waals surface area contributed by atoms with Crippen molar-refractivity contribution < 1.29 is 13.2 Å².